The molecule has 1 aromatic carbocycles. The minimum atomic E-state index is 0.330. The van der Waals surface area contributed by atoms with Crippen LogP contribution in [0.3, 0.4) is 0 Å². The summed E-state index contributed by atoms with van der Waals surface area (Å²) in [4.78, 5) is 0. The number of rotatable bonds is 1. The Hall–Kier alpha value is -1.08. The summed E-state index contributed by atoms with van der Waals surface area (Å²) >= 11 is 0. The molecule has 1 saturated heterocycles. The largest absolute Gasteiger partial charge is 0.316 e. The smallest absolute Gasteiger partial charge is 0.0193 e. The van der Waals surface area contributed by atoms with Crippen LogP contribution in [0.15, 0.2) is 30.3 Å². The molecule has 1 spiro atoms. The van der Waals surface area contributed by atoms with Crippen LogP contribution in [0.5, 0.6) is 0 Å². The van der Waals surface area contributed by atoms with Crippen molar-refractivity contribution in [2.45, 2.75) is 25.2 Å². The molecule has 2 atom stereocenters. The van der Waals surface area contributed by atoms with Crippen molar-refractivity contribution in [1.82, 2.24) is 5.32 Å². The second kappa shape index (κ2) is 3.74. The molecule has 16 heavy (non-hydrogen) atoms. The van der Waals surface area contributed by atoms with Crippen LogP contribution >= 0.6 is 0 Å². The van der Waals surface area contributed by atoms with Crippen LogP contribution in [0, 0.1) is 5.92 Å². The highest BCUT2D eigenvalue weighted by molar-refractivity contribution is 5.65. The first-order valence-electron chi connectivity index (χ1n) is 6.36. The van der Waals surface area contributed by atoms with Crippen LogP contribution in [0.2, 0.25) is 0 Å². The van der Waals surface area contributed by atoms with Crippen LogP contribution in [0.1, 0.15) is 30.9 Å². The number of nitrogens with one attached hydrogen (secondary N) is 1. The number of piperidine rings is 1. The monoisotopic (exact) mass is 213 g/mol. The van der Waals surface area contributed by atoms with E-state index in [0.717, 1.165) is 19.0 Å². The topological polar surface area (TPSA) is 12.0 Å². The van der Waals surface area contributed by atoms with Crippen molar-refractivity contribution in [2.24, 2.45) is 5.92 Å². The van der Waals surface area contributed by atoms with E-state index in [1.54, 1.807) is 5.56 Å². The van der Waals surface area contributed by atoms with Crippen LogP contribution in [0.25, 0.3) is 6.08 Å². The van der Waals surface area contributed by atoms with Crippen molar-refractivity contribution < 1.29 is 0 Å². The highest BCUT2D eigenvalue weighted by Gasteiger charge is 2.42. The molecule has 1 aliphatic heterocycles. The number of benzene rings is 1. The molecule has 1 heterocycles. The molecule has 0 amide bonds. The summed E-state index contributed by atoms with van der Waals surface area (Å²) < 4.78 is 0. The molecule has 1 N–H and O–H groups in total. The lowest BCUT2D eigenvalue weighted by Gasteiger charge is -2.41. The van der Waals surface area contributed by atoms with Gasteiger partial charge < -0.3 is 5.32 Å². The molecule has 84 valence electrons. The van der Waals surface area contributed by atoms with Gasteiger partial charge in [0.2, 0.25) is 0 Å². The Kier molecular flexibility index (Phi) is 2.36. The SMILES string of the molecule is CC[C@H]1CNCC[C@@]12C=Cc1ccccc12. The molecule has 0 radical (unpaired) electrons. The lowest BCUT2D eigenvalue weighted by molar-refractivity contribution is 0.248. The predicted octanol–water partition coefficient (Wildman–Crippen LogP) is 2.97. The Bertz CT molecular complexity index is 421. The van der Waals surface area contributed by atoms with Gasteiger partial charge in [0.25, 0.3) is 0 Å². The van der Waals surface area contributed by atoms with Gasteiger partial charge >= 0.3 is 0 Å². The van der Waals surface area contributed by atoms with Crippen molar-refractivity contribution in [1.29, 1.82) is 0 Å². The third-order valence-electron chi connectivity index (χ3n) is 4.35. The molecular weight excluding hydrogens is 194 g/mol. The fraction of sp³-hybridized carbons (Fsp3) is 0.467. The van der Waals surface area contributed by atoms with Gasteiger partial charge in [-0.25, -0.2) is 0 Å². The summed E-state index contributed by atoms with van der Waals surface area (Å²) in [7, 11) is 0. The zero-order valence-electron chi connectivity index (χ0n) is 9.87. The molecule has 1 fully saturated rings. The van der Waals surface area contributed by atoms with Gasteiger partial charge in [-0.15, -0.1) is 0 Å². The molecule has 1 aromatic rings. The molecule has 0 unspecified atom stereocenters. The Labute approximate surface area is 97.6 Å². The standard InChI is InChI=1S/C15H19N/c1-2-13-11-16-10-9-15(13)8-7-12-5-3-4-6-14(12)15/h3-8,13,16H,2,9-11H2,1H3/t13-,15-/m0/s1. The van der Waals surface area contributed by atoms with Crippen LogP contribution < -0.4 is 5.32 Å². The Morgan fingerprint density at radius 3 is 3.12 bits per heavy atom. The van der Waals surface area contributed by atoms with Crippen molar-refractivity contribution in [3.8, 4) is 0 Å². The highest BCUT2D eigenvalue weighted by Crippen LogP contribution is 2.46. The average Bonchev–Trinajstić information content (AvgIpc) is 2.71. The Morgan fingerprint density at radius 1 is 1.38 bits per heavy atom. The van der Waals surface area contributed by atoms with E-state index in [-0.39, 0.29) is 0 Å². The number of fused-ring (bicyclic) bond motifs is 2. The fourth-order valence-electron chi connectivity index (χ4n) is 3.43. The minimum Gasteiger partial charge on any atom is -0.316 e. The van der Waals surface area contributed by atoms with Gasteiger partial charge in [-0.3, -0.25) is 0 Å². The van der Waals surface area contributed by atoms with Crippen LogP contribution in [0.4, 0.5) is 0 Å². The first kappa shape index (κ1) is 10.1. The summed E-state index contributed by atoms with van der Waals surface area (Å²) in [6.07, 6.45) is 7.29. The molecule has 0 aromatic heterocycles. The zero-order valence-corrected chi connectivity index (χ0v) is 9.87. The number of hydrogen-bond donors (Lipinski definition) is 1. The normalized spacial score (nSPS) is 31.9. The van der Waals surface area contributed by atoms with Gasteiger partial charge in [0, 0.05) is 5.41 Å². The average molecular weight is 213 g/mol. The van der Waals surface area contributed by atoms with E-state index in [9.17, 15) is 0 Å². The van der Waals surface area contributed by atoms with Gasteiger partial charge in [0.1, 0.15) is 0 Å². The molecule has 1 heteroatoms. The van der Waals surface area contributed by atoms with Crippen molar-refractivity contribution in [3.05, 3.63) is 41.5 Å². The molecule has 1 aliphatic carbocycles. The van der Waals surface area contributed by atoms with Crippen molar-refractivity contribution in [2.75, 3.05) is 13.1 Å². The Balaban J connectivity index is 2.08. The molecule has 2 aliphatic rings. The van der Waals surface area contributed by atoms with E-state index >= 15 is 0 Å². The summed E-state index contributed by atoms with van der Waals surface area (Å²) in [5.74, 6) is 0.751. The van der Waals surface area contributed by atoms with Crippen LogP contribution in [-0.4, -0.2) is 13.1 Å². The van der Waals surface area contributed by atoms with Crippen molar-refractivity contribution >= 4 is 6.08 Å². The molecule has 0 bridgehead atoms. The van der Waals surface area contributed by atoms with Gasteiger partial charge in [-0.05, 0) is 36.6 Å². The highest BCUT2D eigenvalue weighted by atomic mass is 14.9. The quantitative estimate of drug-likeness (QED) is 0.756. The van der Waals surface area contributed by atoms with Gasteiger partial charge in [-0.1, -0.05) is 49.8 Å². The summed E-state index contributed by atoms with van der Waals surface area (Å²) in [5.41, 5.74) is 3.32. The molecular formula is C15H19N. The Morgan fingerprint density at radius 2 is 2.25 bits per heavy atom. The lowest BCUT2D eigenvalue weighted by atomic mass is 9.67. The summed E-state index contributed by atoms with van der Waals surface area (Å²) in [5, 5.41) is 3.53. The van der Waals surface area contributed by atoms with Gasteiger partial charge in [-0.2, -0.15) is 0 Å². The number of hydrogen-bond acceptors (Lipinski definition) is 1. The summed E-state index contributed by atoms with van der Waals surface area (Å²) in [6, 6.07) is 8.89. The van der Waals surface area contributed by atoms with Gasteiger partial charge in [0.05, 0.1) is 0 Å². The van der Waals surface area contributed by atoms with E-state index < -0.39 is 0 Å². The predicted molar refractivity (Wildman–Crippen MR) is 68.4 cm³/mol. The minimum absolute atomic E-state index is 0.330. The number of allylic oxidation sites excluding steroid dienone is 1. The second-order valence-corrected chi connectivity index (χ2v) is 5.02. The first-order chi connectivity index (χ1) is 7.87. The third kappa shape index (κ3) is 1.28. The van der Waals surface area contributed by atoms with Crippen LogP contribution in [-0.2, 0) is 5.41 Å². The second-order valence-electron chi connectivity index (χ2n) is 5.02. The van der Waals surface area contributed by atoms with E-state index in [2.05, 4.69) is 48.7 Å². The first-order valence-corrected chi connectivity index (χ1v) is 6.36. The summed E-state index contributed by atoms with van der Waals surface area (Å²) in [6.45, 7) is 4.62. The maximum Gasteiger partial charge on any atom is 0.0193 e. The molecule has 1 nitrogen and oxygen atoms in total. The zero-order chi connectivity index (χ0) is 11.0. The van der Waals surface area contributed by atoms with E-state index in [1.807, 2.05) is 0 Å². The fourth-order valence-corrected chi connectivity index (χ4v) is 3.43. The maximum atomic E-state index is 3.53. The van der Waals surface area contributed by atoms with Gasteiger partial charge in [0.15, 0.2) is 0 Å². The van der Waals surface area contributed by atoms with E-state index in [0.29, 0.717) is 5.41 Å². The maximum absolute atomic E-state index is 3.53. The molecule has 0 saturated carbocycles. The third-order valence-corrected chi connectivity index (χ3v) is 4.35. The lowest BCUT2D eigenvalue weighted by Crippen LogP contribution is -2.46. The van der Waals surface area contributed by atoms with E-state index in [4.69, 9.17) is 0 Å². The van der Waals surface area contributed by atoms with E-state index in [1.165, 1.54) is 18.4 Å². The molecule has 3 rings (SSSR count). The van der Waals surface area contributed by atoms with Crippen molar-refractivity contribution in [3.63, 3.8) is 0 Å².